The first-order valence-corrected chi connectivity index (χ1v) is 3.93. The lowest BCUT2D eigenvalue weighted by atomic mass is 10.2. The van der Waals surface area contributed by atoms with Gasteiger partial charge in [0.2, 0.25) is 0 Å². The Labute approximate surface area is 72.4 Å². The summed E-state index contributed by atoms with van der Waals surface area (Å²) in [5, 5.41) is 0.940. The Hall–Kier alpha value is -0.960. The Morgan fingerprint density at radius 1 is 1.36 bits per heavy atom. The number of rotatable bonds is 0. The summed E-state index contributed by atoms with van der Waals surface area (Å²) in [4.78, 5) is 7.86. The quantitative estimate of drug-likeness (QED) is 0.663. The van der Waals surface area contributed by atoms with E-state index in [4.69, 9.17) is 0 Å². The van der Waals surface area contributed by atoms with Crippen molar-refractivity contribution in [2.45, 2.75) is 0 Å². The van der Waals surface area contributed by atoms with Crippen LogP contribution in [0.5, 0.6) is 0 Å². The van der Waals surface area contributed by atoms with Crippen molar-refractivity contribution in [2.75, 3.05) is 0 Å². The first-order chi connectivity index (χ1) is 5.36. The average molecular weight is 208 g/mol. The summed E-state index contributed by atoms with van der Waals surface area (Å²) in [5.41, 5.74) is 0.911. The van der Waals surface area contributed by atoms with Crippen LogP contribution in [-0.2, 0) is 0 Å². The van der Waals surface area contributed by atoms with Gasteiger partial charge in [0, 0.05) is 9.86 Å². The molecule has 0 atom stereocenters. The number of fused-ring (bicyclic) bond motifs is 1. The summed E-state index contributed by atoms with van der Waals surface area (Å²) < 4.78 is 1.03. The standard InChI is InChI=1S/C8H4BrN2/c9-7-2-1-6-4-10-5-11-8(6)3-7/h1-3,5H. The van der Waals surface area contributed by atoms with E-state index in [9.17, 15) is 0 Å². The molecule has 0 amide bonds. The Balaban J connectivity index is 2.83. The minimum Gasteiger partial charge on any atom is -0.236 e. The van der Waals surface area contributed by atoms with Gasteiger partial charge in [-0.2, -0.15) is 0 Å². The van der Waals surface area contributed by atoms with Crippen LogP contribution in [0.15, 0.2) is 29.0 Å². The third-order valence-electron chi connectivity index (χ3n) is 1.40. The number of hydrogen-bond acceptors (Lipinski definition) is 2. The van der Waals surface area contributed by atoms with Crippen LogP contribution in [0.2, 0.25) is 0 Å². The van der Waals surface area contributed by atoms with Crippen LogP contribution in [0, 0.1) is 6.20 Å². The van der Waals surface area contributed by atoms with Gasteiger partial charge in [-0.25, -0.2) is 9.97 Å². The molecule has 1 radical (unpaired) electrons. The lowest BCUT2D eigenvalue weighted by Gasteiger charge is -1.93. The van der Waals surface area contributed by atoms with E-state index >= 15 is 0 Å². The summed E-state index contributed by atoms with van der Waals surface area (Å²) in [7, 11) is 0. The Bertz CT molecular complexity index is 387. The first-order valence-electron chi connectivity index (χ1n) is 3.14. The van der Waals surface area contributed by atoms with Crippen LogP contribution in [-0.4, -0.2) is 9.97 Å². The van der Waals surface area contributed by atoms with Crippen molar-refractivity contribution in [2.24, 2.45) is 0 Å². The summed E-state index contributed by atoms with van der Waals surface area (Å²) >= 11 is 3.36. The molecule has 1 heterocycles. The molecule has 0 N–H and O–H groups in total. The van der Waals surface area contributed by atoms with Gasteiger partial charge < -0.3 is 0 Å². The molecule has 53 valence electrons. The van der Waals surface area contributed by atoms with Crippen molar-refractivity contribution in [1.82, 2.24) is 9.97 Å². The van der Waals surface area contributed by atoms with Gasteiger partial charge in [0.05, 0.1) is 5.52 Å². The maximum absolute atomic E-state index is 4.07. The molecule has 0 saturated carbocycles. The fourth-order valence-corrected chi connectivity index (χ4v) is 1.24. The highest BCUT2D eigenvalue weighted by atomic mass is 79.9. The van der Waals surface area contributed by atoms with Gasteiger partial charge in [-0.05, 0) is 18.2 Å². The highest BCUT2D eigenvalue weighted by Gasteiger charge is 1.93. The predicted octanol–water partition coefficient (Wildman–Crippen LogP) is 2.19. The normalized spacial score (nSPS) is 10.3. The Kier molecular flexibility index (Phi) is 1.58. The van der Waals surface area contributed by atoms with Crippen LogP contribution < -0.4 is 0 Å². The molecule has 0 bridgehead atoms. The van der Waals surface area contributed by atoms with E-state index in [1.807, 2.05) is 18.2 Å². The summed E-state index contributed by atoms with van der Waals surface area (Å²) in [6.45, 7) is 0. The second-order valence-electron chi connectivity index (χ2n) is 2.15. The molecular formula is C8H4BrN2. The number of halogens is 1. The molecule has 11 heavy (non-hydrogen) atoms. The van der Waals surface area contributed by atoms with E-state index in [0.29, 0.717) is 0 Å². The maximum atomic E-state index is 4.07. The predicted molar refractivity (Wildman–Crippen MR) is 46.1 cm³/mol. The lowest BCUT2D eigenvalue weighted by Crippen LogP contribution is -1.79. The third kappa shape index (κ3) is 1.24. The molecule has 0 spiro atoms. The molecule has 2 rings (SSSR count). The molecule has 1 aromatic heterocycles. The van der Waals surface area contributed by atoms with Crippen molar-refractivity contribution in [3.63, 3.8) is 0 Å². The zero-order chi connectivity index (χ0) is 7.68. The van der Waals surface area contributed by atoms with Gasteiger partial charge in [0.25, 0.3) is 0 Å². The smallest absolute Gasteiger partial charge is 0.116 e. The van der Waals surface area contributed by atoms with Gasteiger partial charge in [-0.15, -0.1) is 0 Å². The van der Waals surface area contributed by atoms with Crippen molar-refractivity contribution >= 4 is 26.8 Å². The number of aromatic nitrogens is 2. The third-order valence-corrected chi connectivity index (χ3v) is 1.89. The molecule has 3 heteroatoms. The van der Waals surface area contributed by atoms with Crippen molar-refractivity contribution < 1.29 is 0 Å². The second-order valence-corrected chi connectivity index (χ2v) is 3.06. The average Bonchev–Trinajstić information content (AvgIpc) is 2.04. The van der Waals surface area contributed by atoms with E-state index in [0.717, 1.165) is 15.4 Å². The second kappa shape index (κ2) is 2.58. The van der Waals surface area contributed by atoms with Crippen LogP contribution in [0.3, 0.4) is 0 Å². The zero-order valence-corrected chi connectivity index (χ0v) is 7.17. The van der Waals surface area contributed by atoms with Gasteiger partial charge in [-0.1, -0.05) is 15.9 Å². The van der Waals surface area contributed by atoms with Crippen LogP contribution in [0.25, 0.3) is 10.9 Å². The molecule has 0 fully saturated rings. The highest BCUT2D eigenvalue weighted by molar-refractivity contribution is 9.10. The van der Waals surface area contributed by atoms with Gasteiger partial charge in [-0.3, -0.25) is 0 Å². The van der Waals surface area contributed by atoms with Crippen LogP contribution in [0.1, 0.15) is 0 Å². The van der Waals surface area contributed by atoms with E-state index in [1.54, 1.807) is 0 Å². The van der Waals surface area contributed by atoms with Crippen molar-refractivity contribution in [3.05, 3.63) is 35.2 Å². The summed E-state index contributed by atoms with van der Waals surface area (Å²) in [6.07, 6.45) is 4.34. The minimum atomic E-state index is 0.911. The van der Waals surface area contributed by atoms with Gasteiger partial charge in [0.15, 0.2) is 0 Å². The topological polar surface area (TPSA) is 25.8 Å². The molecule has 0 aliphatic rings. The highest BCUT2D eigenvalue weighted by Crippen LogP contribution is 2.15. The SMILES string of the molecule is Brc1ccc2[c]ncnc2c1. The van der Waals surface area contributed by atoms with Gasteiger partial charge in [0.1, 0.15) is 12.5 Å². The molecule has 0 saturated heterocycles. The molecule has 2 aromatic rings. The summed E-state index contributed by atoms with van der Waals surface area (Å²) in [5.74, 6) is 0. The van der Waals surface area contributed by atoms with E-state index in [2.05, 4.69) is 32.1 Å². The molecule has 0 aliphatic carbocycles. The largest absolute Gasteiger partial charge is 0.236 e. The monoisotopic (exact) mass is 207 g/mol. The summed E-state index contributed by atoms with van der Waals surface area (Å²) in [6, 6.07) is 5.81. The first kappa shape index (κ1) is 6.73. The number of nitrogens with zero attached hydrogens (tertiary/aromatic N) is 2. The minimum absolute atomic E-state index is 0.911. The fourth-order valence-electron chi connectivity index (χ4n) is 0.896. The molecule has 0 unspecified atom stereocenters. The molecule has 0 aliphatic heterocycles. The molecule has 2 nitrogen and oxygen atoms in total. The maximum Gasteiger partial charge on any atom is 0.116 e. The van der Waals surface area contributed by atoms with E-state index in [1.165, 1.54) is 6.33 Å². The van der Waals surface area contributed by atoms with E-state index in [-0.39, 0.29) is 0 Å². The number of hydrogen-bond donors (Lipinski definition) is 0. The Morgan fingerprint density at radius 3 is 3.18 bits per heavy atom. The molecular weight excluding hydrogens is 204 g/mol. The van der Waals surface area contributed by atoms with Crippen LogP contribution in [0.4, 0.5) is 0 Å². The van der Waals surface area contributed by atoms with Crippen LogP contribution >= 0.6 is 15.9 Å². The molecule has 1 aromatic carbocycles. The Morgan fingerprint density at radius 2 is 2.27 bits per heavy atom. The fraction of sp³-hybridized carbons (Fsp3) is 0. The number of benzene rings is 1. The van der Waals surface area contributed by atoms with Crippen molar-refractivity contribution in [1.29, 1.82) is 0 Å². The van der Waals surface area contributed by atoms with E-state index < -0.39 is 0 Å². The van der Waals surface area contributed by atoms with Crippen molar-refractivity contribution in [3.8, 4) is 0 Å². The zero-order valence-electron chi connectivity index (χ0n) is 5.58. The van der Waals surface area contributed by atoms with Gasteiger partial charge >= 0.3 is 0 Å². The lowest BCUT2D eigenvalue weighted by molar-refractivity contribution is 1.21.